The number of hydrogen-bond acceptors (Lipinski definition) is 3. The third-order valence-corrected chi connectivity index (χ3v) is 5.29. The zero-order valence-electron chi connectivity index (χ0n) is 12.4. The lowest BCUT2D eigenvalue weighted by atomic mass is 10.2. The van der Waals surface area contributed by atoms with Gasteiger partial charge in [-0.1, -0.05) is 31.2 Å². The Hall–Kier alpha value is -1.37. The van der Waals surface area contributed by atoms with Crippen LogP contribution in [0.4, 0.5) is 0 Å². The van der Waals surface area contributed by atoms with Gasteiger partial charge in [0.05, 0.1) is 10.6 Å². The number of aromatic carboxylic acids is 1. The normalized spacial score (nSPS) is 12.0. The number of carboxylic acids is 1. The van der Waals surface area contributed by atoms with Crippen molar-refractivity contribution in [1.29, 1.82) is 0 Å². The van der Waals surface area contributed by atoms with E-state index in [1.54, 1.807) is 6.07 Å². The van der Waals surface area contributed by atoms with Crippen molar-refractivity contribution in [2.75, 3.05) is 6.61 Å². The molecule has 2 aromatic heterocycles. The van der Waals surface area contributed by atoms with Gasteiger partial charge in [0.15, 0.2) is 0 Å². The number of aromatic nitrogens is 2. The molecule has 0 bridgehead atoms. The fourth-order valence-electron chi connectivity index (χ4n) is 1.90. The first kappa shape index (κ1) is 16.0. The number of rotatable bonds is 6. The van der Waals surface area contributed by atoms with Crippen LogP contribution in [0.3, 0.4) is 0 Å². The van der Waals surface area contributed by atoms with Crippen molar-refractivity contribution in [2.45, 2.75) is 32.4 Å². The van der Waals surface area contributed by atoms with Crippen molar-refractivity contribution in [3.05, 3.63) is 29.0 Å². The van der Waals surface area contributed by atoms with Crippen molar-refractivity contribution in [2.24, 2.45) is 0 Å². The molecule has 0 spiro atoms. The lowest BCUT2D eigenvalue weighted by molar-refractivity contribution is 0.0697. The molecule has 2 rings (SSSR count). The van der Waals surface area contributed by atoms with E-state index in [0.717, 1.165) is 12.7 Å². The van der Waals surface area contributed by atoms with E-state index < -0.39 is 14.0 Å². The first-order chi connectivity index (χ1) is 9.79. The standard InChI is InChI=1S/C14H19ClN2O3Si/c1-21(2,3)7-6-20-9-17-5-4-10-12(15)11(14(18)19)8-16-13(10)17/h4-5,8H,6-7,9H2,1-3H3,(H,18,19). The minimum Gasteiger partial charge on any atom is -0.478 e. The summed E-state index contributed by atoms with van der Waals surface area (Å²) in [6, 6.07) is 2.86. The van der Waals surface area contributed by atoms with Gasteiger partial charge in [0.25, 0.3) is 0 Å². The predicted molar refractivity (Wildman–Crippen MR) is 85.8 cm³/mol. The van der Waals surface area contributed by atoms with Crippen LogP contribution in [-0.2, 0) is 11.5 Å². The first-order valence-corrected chi connectivity index (χ1v) is 10.8. The Bertz CT molecular complexity index is 664. The number of ether oxygens (including phenoxy) is 1. The van der Waals surface area contributed by atoms with Gasteiger partial charge in [0.2, 0.25) is 0 Å². The van der Waals surface area contributed by atoms with Crippen molar-refractivity contribution in [3.8, 4) is 0 Å². The average molecular weight is 327 g/mol. The van der Waals surface area contributed by atoms with Gasteiger partial charge in [-0.05, 0) is 12.1 Å². The molecular weight excluding hydrogens is 308 g/mol. The number of nitrogens with zero attached hydrogens (tertiary/aromatic N) is 2. The molecule has 2 aromatic rings. The van der Waals surface area contributed by atoms with E-state index in [1.807, 2.05) is 10.8 Å². The van der Waals surface area contributed by atoms with E-state index in [-0.39, 0.29) is 10.6 Å². The highest BCUT2D eigenvalue weighted by molar-refractivity contribution is 6.76. The summed E-state index contributed by atoms with van der Waals surface area (Å²) in [4.78, 5) is 15.2. The molecule has 0 aliphatic heterocycles. The Morgan fingerprint density at radius 3 is 2.81 bits per heavy atom. The van der Waals surface area contributed by atoms with Crippen LogP contribution in [0.2, 0.25) is 30.7 Å². The van der Waals surface area contributed by atoms with E-state index in [0.29, 0.717) is 17.8 Å². The summed E-state index contributed by atoms with van der Waals surface area (Å²) in [5.74, 6) is -1.08. The summed E-state index contributed by atoms with van der Waals surface area (Å²) in [7, 11) is -1.10. The fraction of sp³-hybridized carbons (Fsp3) is 0.429. The van der Waals surface area contributed by atoms with E-state index in [2.05, 4.69) is 24.6 Å². The number of halogens is 1. The van der Waals surface area contributed by atoms with Crippen LogP contribution in [0.25, 0.3) is 11.0 Å². The maximum atomic E-state index is 11.0. The molecule has 1 N–H and O–H groups in total. The monoisotopic (exact) mass is 326 g/mol. The van der Waals surface area contributed by atoms with Crippen LogP contribution < -0.4 is 0 Å². The third-order valence-electron chi connectivity index (χ3n) is 3.18. The van der Waals surface area contributed by atoms with Crippen molar-refractivity contribution in [1.82, 2.24) is 9.55 Å². The lowest BCUT2D eigenvalue weighted by Crippen LogP contribution is -2.22. The number of carboxylic acid groups (broad SMARTS) is 1. The molecule has 0 radical (unpaired) electrons. The van der Waals surface area contributed by atoms with Crippen molar-refractivity contribution in [3.63, 3.8) is 0 Å². The maximum Gasteiger partial charge on any atom is 0.338 e. The molecule has 5 nitrogen and oxygen atoms in total. The van der Waals surface area contributed by atoms with Gasteiger partial charge in [-0.2, -0.15) is 0 Å². The number of hydrogen-bond donors (Lipinski definition) is 1. The van der Waals surface area contributed by atoms with E-state index >= 15 is 0 Å². The first-order valence-electron chi connectivity index (χ1n) is 6.74. The van der Waals surface area contributed by atoms with Gasteiger partial charge < -0.3 is 14.4 Å². The highest BCUT2D eigenvalue weighted by Gasteiger charge is 2.15. The van der Waals surface area contributed by atoms with Crippen molar-refractivity contribution >= 4 is 36.7 Å². The van der Waals surface area contributed by atoms with Crippen LogP contribution in [0, 0.1) is 0 Å². The minimum absolute atomic E-state index is 0.0153. The smallest absolute Gasteiger partial charge is 0.338 e. The highest BCUT2D eigenvalue weighted by Crippen LogP contribution is 2.26. The molecule has 0 aliphatic rings. The van der Waals surface area contributed by atoms with Gasteiger partial charge >= 0.3 is 5.97 Å². The Morgan fingerprint density at radius 2 is 2.19 bits per heavy atom. The van der Waals surface area contributed by atoms with Crippen LogP contribution >= 0.6 is 11.6 Å². The molecule has 2 heterocycles. The molecule has 0 aliphatic carbocycles. The van der Waals surface area contributed by atoms with Gasteiger partial charge in [0.1, 0.15) is 12.4 Å². The van der Waals surface area contributed by atoms with E-state index in [1.165, 1.54) is 6.20 Å². The Kier molecular flexibility index (Phi) is 4.70. The maximum absolute atomic E-state index is 11.0. The SMILES string of the molecule is C[Si](C)(C)CCOCn1ccc2c(Cl)c(C(=O)O)cnc21. The molecule has 0 unspecified atom stereocenters. The highest BCUT2D eigenvalue weighted by atomic mass is 35.5. The van der Waals surface area contributed by atoms with E-state index in [9.17, 15) is 4.79 Å². The zero-order valence-corrected chi connectivity index (χ0v) is 14.1. The number of fused-ring (bicyclic) bond motifs is 1. The van der Waals surface area contributed by atoms with Crippen LogP contribution in [0.5, 0.6) is 0 Å². The fourth-order valence-corrected chi connectivity index (χ4v) is 2.94. The Labute approximate surface area is 129 Å². The quantitative estimate of drug-likeness (QED) is 0.649. The van der Waals surface area contributed by atoms with Crippen LogP contribution in [0.15, 0.2) is 18.5 Å². The topological polar surface area (TPSA) is 64.3 Å². The second-order valence-corrected chi connectivity index (χ2v) is 12.2. The van der Waals surface area contributed by atoms with Gasteiger partial charge in [-0.15, -0.1) is 0 Å². The third kappa shape index (κ3) is 3.84. The number of pyridine rings is 1. The molecule has 0 saturated heterocycles. The van der Waals surface area contributed by atoms with Crippen LogP contribution in [0.1, 0.15) is 10.4 Å². The predicted octanol–water partition coefficient (Wildman–Crippen LogP) is 3.70. The minimum atomic E-state index is -1.10. The molecule has 0 atom stereocenters. The summed E-state index contributed by atoms with van der Waals surface area (Å²) < 4.78 is 7.51. The Balaban J connectivity index is 2.12. The van der Waals surface area contributed by atoms with Gasteiger partial charge in [-0.25, -0.2) is 9.78 Å². The summed E-state index contributed by atoms with van der Waals surface area (Å²) in [5.41, 5.74) is 0.652. The largest absolute Gasteiger partial charge is 0.478 e. The van der Waals surface area contributed by atoms with Gasteiger partial charge in [0, 0.05) is 32.5 Å². The Morgan fingerprint density at radius 1 is 1.48 bits per heavy atom. The second-order valence-electron chi connectivity index (χ2n) is 6.16. The number of carbonyl (C=O) groups is 1. The summed E-state index contributed by atoms with van der Waals surface area (Å²) >= 11 is 6.10. The lowest BCUT2D eigenvalue weighted by Gasteiger charge is -2.15. The summed E-state index contributed by atoms with van der Waals surface area (Å²) in [6.45, 7) is 8.02. The molecule has 0 saturated carbocycles. The van der Waals surface area contributed by atoms with Crippen LogP contribution in [-0.4, -0.2) is 35.3 Å². The van der Waals surface area contributed by atoms with Crippen molar-refractivity contribution < 1.29 is 14.6 Å². The van der Waals surface area contributed by atoms with E-state index in [4.69, 9.17) is 21.4 Å². The summed E-state index contributed by atoms with van der Waals surface area (Å²) in [5, 5.41) is 9.88. The molecule has 114 valence electrons. The molecule has 7 heteroatoms. The molecule has 21 heavy (non-hydrogen) atoms. The summed E-state index contributed by atoms with van der Waals surface area (Å²) in [6.07, 6.45) is 3.09. The average Bonchev–Trinajstić information content (AvgIpc) is 2.77. The zero-order chi connectivity index (χ0) is 15.6. The molecule has 0 aromatic carbocycles. The molecular formula is C14H19ClN2O3Si. The van der Waals surface area contributed by atoms with Gasteiger partial charge in [-0.3, -0.25) is 0 Å². The molecule has 0 amide bonds. The molecule has 0 fully saturated rings. The second kappa shape index (κ2) is 6.17.